The first-order valence-electron chi connectivity index (χ1n) is 10.1. The Morgan fingerprint density at radius 2 is 0.609 bits per heavy atom. The van der Waals surface area contributed by atoms with E-state index in [0.29, 0.717) is 0 Å². The number of rotatable bonds is 18. The molecule has 0 aliphatic heterocycles. The Labute approximate surface area is 153 Å². The zero-order valence-corrected chi connectivity index (χ0v) is 17.0. The molecule has 2 radical (unpaired) electrons. The van der Waals surface area contributed by atoms with Crippen LogP contribution in [0.4, 0.5) is 9.41 Å². The zero-order valence-electron chi connectivity index (χ0n) is 15.8. The van der Waals surface area contributed by atoms with E-state index in [2.05, 4.69) is 23.2 Å². The summed E-state index contributed by atoms with van der Waals surface area (Å²) in [6.07, 6.45) is 26.4. The molecule has 0 heterocycles. The molecule has 140 valence electrons. The molecule has 0 N–H and O–H groups in total. The first kappa shape index (κ1) is 28.2. The summed E-state index contributed by atoms with van der Waals surface area (Å²) in [5.74, 6) is 0. The van der Waals surface area contributed by atoms with Crippen molar-refractivity contribution >= 4 is 16.3 Å². The smallest absolute Gasteiger partial charge is 0.118 e. The van der Waals surface area contributed by atoms with Crippen molar-refractivity contribution in [3.63, 3.8) is 0 Å². The lowest BCUT2D eigenvalue weighted by molar-refractivity contribution is 0.526. The Balaban J connectivity index is -0.00000200. The third kappa shape index (κ3) is 27.5. The molecule has 0 aromatic rings. The summed E-state index contributed by atoms with van der Waals surface area (Å²) in [7, 11) is 0. The molecule has 0 bridgehead atoms. The Hall–Kier alpha value is 0.392. The lowest BCUT2D eigenvalue weighted by atomic mass is 10.0. The van der Waals surface area contributed by atoms with Crippen LogP contribution in [0.5, 0.6) is 0 Å². The highest BCUT2D eigenvalue weighted by Gasteiger charge is 1.94. The maximum absolute atomic E-state index is 2.83. The van der Waals surface area contributed by atoms with E-state index in [0.717, 1.165) is 0 Å². The van der Waals surface area contributed by atoms with Crippen LogP contribution in [0.25, 0.3) is 0 Å². The molecule has 0 amide bonds. The molecule has 0 spiro atoms. The maximum Gasteiger partial charge on any atom is 0.118 e. The summed E-state index contributed by atoms with van der Waals surface area (Å²) in [4.78, 5) is 0. The third-order valence-corrected chi connectivity index (χ3v) is 4.97. The van der Waals surface area contributed by atoms with Crippen LogP contribution in [0.3, 0.4) is 0 Å². The summed E-state index contributed by atoms with van der Waals surface area (Å²) in [6.45, 7) is 2.30. The van der Waals surface area contributed by atoms with Gasteiger partial charge in [0, 0.05) is 0 Å². The predicted molar refractivity (Wildman–Crippen MR) is 104 cm³/mol. The minimum absolute atomic E-state index is 0. The molecule has 0 fully saturated rings. The second-order valence-electron chi connectivity index (χ2n) is 6.80. The van der Waals surface area contributed by atoms with E-state index in [1.54, 1.807) is 0 Å². The van der Waals surface area contributed by atoms with Crippen LogP contribution in [0.15, 0.2) is 0 Å². The van der Waals surface area contributed by atoms with Crippen molar-refractivity contribution in [3.8, 4) is 0 Å². The third-order valence-electron chi connectivity index (χ3n) is 4.56. The van der Waals surface area contributed by atoms with Gasteiger partial charge < -0.3 is 0 Å². The maximum atomic E-state index is 2.83. The first-order valence-corrected chi connectivity index (χ1v) is 10.9. The molecule has 0 aliphatic rings. The minimum atomic E-state index is 0. The second kappa shape index (κ2) is 27.2. The molecule has 0 aromatic heterocycles. The highest BCUT2D eigenvalue weighted by Crippen LogP contribution is 2.14. The van der Waals surface area contributed by atoms with Gasteiger partial charge in [0.15, 0.2) is 0 Å². The molecule has 23 heavy (non-hydrogen) atoms. The fourth-order valence-electron chi connectivity index (χ4n) is 3.05. The fourth-order valence-corrected chi connectivity index (χ4v) is 3.33. The van der Waals surface area contributed by atoms with Crippen molar-refractivity contribution in [2.45, 2.75) is 128 Å². The SMILES string of the molecule is CCCCCCCCCCCCCCCCCCC[CH2][Al].F.F. The van der Waals surface area contributed by atoms with Crippen LogP contribution in [0.1, 0.15) is 122 Å². The van der Waals surface area contributed by atoms with Gasteiger partial charge in [0.25, 0.3) is 0 Å². The van der Waals surface area contributed by atoms with Gasteiger partial charge in [-0.15, -0.1) is 5.28 Å². The average molecular weight is 349 g/mol. The Kier molecular flexibility index (Phi) is 33.4. The quantitative estimate of drug-likeness (QED) is 0.174. The van der Waals surface area contributed by atoms with Crippen LogP contribution in [-0.4, -0.2) is 16.3 Å². The van der Waals surface area contributed by atoms with E-state index in [4.69, 9.17) is 0 Å². The van der Waals surface area contributed by atoms with Crippen molar-refractivity contribution in [2.75, 3.05) is 0 Å². The van der Waals surface area contributed by atoms with Crippen molar-refractivity contribution in [1.29, 1.82) is 0 Å². The highest BCUT2D eigenvalue weighted by molar-refractivity contribution is 6.08. The molecule has 0 aliphatic carbocycles. The number of hydrogen-bond donors (Lipinski definition) is 0. The van der Waals surface area contributed by atoms with Gasteiger partial charge in [-0.25, -0.2) is 0 Å². The summed E-state index contributed by atoms with van der Waals surface area (Å²) >= 11 is 2.83. The Morgan fingerprint density at radius 3 is 0.826 bits per heavy atom. The standard InChI is InChI=1S/C20H41.Al.2FH/c1-3-5-7-9-11-13-15-17-19-20-18-16-14-12-10-8-6-4-2;;;/h1,3-20H2,2H3;;2*1H. The van der Waals surface area contributed by atoms with Crippen LogP contribution in [0.2, 0.25) is 5.28 Å². The Morgan fingerprint density at radius 1 is 0.391 bits per heavy atom. The topological polar surface area (TPSA) is 0 Å². The summed E-state index contributed by atoms with van der Waals surface area (Å²) in [5, 5.41) is 1.29. The Bertz CT molecular complexity index is 159. The van der Waals surface area contributed by atoms with Crippen LogP contribution >= 0.6 is 0 Å². The lowest BCUT2D eigenvalue weighted by Gasteiger charge is -2.03. The largest absolute Gasteiger partial charge is 0.269 e. The number of halogens is 2. The van der Waals surface area contributed by atoms with Crippen molar-refractivity contribution < 1.29 is 9.41 Å². The first-order chi connectivity index (χ1) is 10.4. The number of unbranched alkanes of at least 4 members (excludes halogenated alkanes) is 17. The summed E-state index contributed by atoms with van der Waals surface area (Å²) in [5.41, 5.74) is 0. The highest BCUT2D eigenvalue weighted by atomic mass is 27.0. The molecule has 0 unspecified atom stereocenters. The van der Waals surface area contributed by atoms with Gasteiger partial charge in [-0.3, -0.25) is 9.41 Å². The van der Waals surface area contributed by atoms with Crippen molar-refractivity contribution in [2.24, 2.45) is 0 Å². The minimum Gasteiger partial charge on any atom is -0.269 e. The van der Waals surface area contributed by atoms with E-state index >= 15 is 0 Å². The second-order valence-corrected chi connectivity index (χ2v) is 7.38. The van der Waals surface area contributed by atoms with Gasteiger partial charge in [0.1, 0.15) is 16.3 Å². The lowest BCUT2D eigenvalue weighted by Crippen LogP contribution is -1.84. The molecule has 0 saturated carbocycles. The summed E-state index contributed by atoms with van der Waals surface area (Å²) < 4.78 is 0. The van der Waals surface area contributed by atoms with Crippen LogP contribution in [-0.2, 0) is 0 Å². The van der Waals surface area contributed by atoms with Gasteiger partial charge in [-0.2, -0.15) is 0 Å². The molecule has 0 rings (SSSR count). The fraction of sp³-hybridized carbons (Fsp3) is 1.00. The molecule has 0 aromatic carbocycles. The van der Waals surface area contributed by atoms with Gasteiger partial charge in [-0.05, 0) is 0 Å². The predicted octanol–water partition coefficient (Wildman–Crippen LogP) is 7.92. The van der Waals surface area contributed by atoms with E-state index in [-0.39, 0.29) is 9.41 Å². The van der Waals surface area contributed by atoms with Crippen LogP contribution in [0, 0.1) is 0 Å². The summed E-state index contributed by atoms with van der Waals surface area (Å²) in [6, 6.07) is 0. The van der Waals surface area contributed by atoms with E-state index in [1.165, 1.54) is 121 Å². The molecular weight excluding hydrogens is 305 g/mol. The molecule has 0 saturated heterocycles. The molecule has 0 nitrogen and oxygen atoms in total. The molecule has 0 atom stereocenters. The molecular formula is C20H43AlF2. The van der Waals surface area contributed by atoms with Gasteiger partial charge >= 0.3 is 0 Å². The monoisotopic (exact) mass is 348 g/mol. The van der Waals surface area contributed by atoms with Gasteiger partial charge in [-0.1, -0.05) is 122 Å². The average Bonchev–Trinajstić information content (AvgIpc) is 2.50. The zero-order chi connectivity index (χ0) is 15.4. The van der Waals surface area contributed by atoms with E-state index in [1.807, 2.05) is 0 Å². The van der Waals surface area contributed by atoms with Gasteiger partial charge in [0.2, 0.25) is 0 Å². The normalized spacial score (nSPS) is 10.1. The van der Waals surface area contributed by atoms with Crippen LogP contribution < -0.4 is 0 Å². The van der Waals surface area contributed by atoms with E-state index < -0.39 is 0 Å². The number of hydrogen-bond acceptors (Lipinski definition) is 0. The van der Waals surface area contributed by atoms with E-state index in [9.17, 15) is 0 Å². The van der Waals surface area contributed by atoms with Crippen molar-refractivity contribution in [3.05, 3.63) is 0 Å². The molecule has 3 heteroatoms. The van der Waals surface area contributed by atoms with Crippen molar-refractivity contribution in [1.82, 2.24) is 0 Å². The van der Waals surface area contributed by atoms with Gasteiger partial charge in [0.05, 0.1) is 0 Å².